The molecule has 0 aromatic heterocycles. The van der Waals surface area contributed by atoms with Crippen LogP contribution < -0.4 is 5.73 Å². The van der Waals surface area contributed by atoms with Crippen LogP contribution in [0.4, 0.5) is 0 Å². The van der Waals surface area contributed by atoms with Crippen molar-refractivity contribution in [3.05, 3.63) is 29.8 Å². The molecule has 1 aliphatic carbocycles. The first kappa shape index (κ1) is 12.0. The van der Waals surface area contributed by atoms with E-state index in [0.29, 0.717) is 5.25 Å². The van der Waals surface area contributed by atoms with Crippen molar-refractivity contribution in [2.75, 3.05) is 0 Å². The Labute approximate surface area is 103 Å². The van der Waals surface area contributed by atoms with Crippen LogP contribution in [-0.2, 0) is 5.54 Å². The standard InChI is InChI=1S/C14H21NS/c1-11(2)16-13-7-5-12(6-8-13)14(15)9-3-4-10-14/h5-8,11H,3-4,9-10,15H2,1-2H3. The second-order valence-corrected chi connectivity index (χ2v) is 6.70. The molecule has 0 amide bonds. The highest BCUT2D eigenvalue weighted by Crippen LogP contribution is 2.37. The highest BCUT2D eigenvalue weighted by Gasteiger charge is 2.30. The van der Waals surface area contributed by atoms with Crippen LogP contribution in [0.1, 0.15) is 45.1 Å². The zero-order chi connectivity index (χ0) is 11.6. The Morgan fingerprint density at radius 1 is 1.12 bits per heavy atom. The SMILES string of the molecule is CC(C)Sc1ccc(C2(N)CCCC2)cc1. The maximum Gasteiger partial charge on any atom is 0.0409 e. The fraction of sp³-hybridized carbons (Fsp3) is 0.571. The van der Waals surface area contributed by atoms with Crippen LogP contribution in [0.2, 0.25) is 0 Å². The van der Waals surface area contributed by atoms with Crippen LogP contribution in [-0.4, -0.2) is 5.25 Å². The normalized spacial score (nSPS) is 19.2. The molecule has 2 heteroatoms. The summed E-state index contributed by atoms with van der Waals surface area (Å²) >= 11 is 1.91. The number of thioether (sulfide) groups is 1. The summed E-state index contributed by atoms with van der Waals surface area (Å²) in [6.45, 7) is 4.44. The molecular formula is C14H21NS. The van der Waals surface area contributed by atoms with E-state index in [2.05, 4.69) is 38.1 Å². The van der Waals surface area contributed by atoms with Crippen LogP contribution in [0.25, 0.3) is 0 Å². The smallest absolute Gasteiger partial charge is 0.0409 e. The summed E-state index contributed by atoms with van der Waals surface area (Å²) in [6.07, 6.45) is 4.84. The predicted molar refractivity (Wildman–Crippen MR) is 71.8 cm³/mol. The van der Waals surface area contributed by atoms with E-state index in [9.17, 15) is 0 Å². The number of rotatable bonds is 3. The first-order chi connectivity index (χ1) is 7.60. The predicted octanol–water partition coefficient (Wildman–Crippen LogP) is 3.92. The molecule has 2 rings (SSSR count). The first-order valence-electron chi connectivity index (χ1n) is 6.16. The van der Waals surface area contributed by atoms with Gasteiger partial charge in [-0.15, -0.1) is 11.8 Å². The maximum atomic E-state index is 6.42. The molecule has 0 heterocycles. The number of benzene rings is 1. The van der Waals surface area contributed by atoms with E-state index < -0.39 is 0 Å². The van der Waals surface area contributed by atoms with Crippen molar-refractivity contribution < 1.29 is 0 Å². The third-order valence-electron chi connectivity index (χ3n) is 3.30. The van der Waals surface area contributed by atoms with Gasteiger partial charge < -0.3 is 5.73 Å². The molecule has 2 N–H and O–H groups in total. The topological polar surface area (TPSA) is 26.0 Å². The third-order valence-corrected chi connectivity index (χ3v) is 4.31. The van der Waals surface area contributed by atoms with Gasteiger partial charge in [-0.1, -0.05) is 38.8 Å². The van der Waals surface area contributed by atoms with Gasteiger partial charge >= 0.3 is 0 Å². The van der Waals surface area contributed by atoms with Crippen LogP contribution in [0.15, 0.2) is 29.2 Å². The van der Waals surface area contributed by atoms with Crippen LogP contribution in [0, 0.1) is 0 Å². The Balaban J connectivity index is 2.12. The Hall–Kier alpha value is -0.470. The van der Waals surface area contributed by atoms with Crippen molar-refractivity contribution >= 4 is 11.8 Å². The Bertz CT molecular complexity index is 336. The van der Waals surface area contributed by atoms with E-state index in [4.69, 9.17) is 5.73 Å². The van der Waals surface area contributed by atoms with Gasteiger partial charge in [0.15, 0.2) is 0 Å². The number of hydrogen-bond acceptors (Lipinski definition) is 2. The lowest BCUT2D eigenvalue weighted by Gasteiger charge is -2.24. The average Bonchev–Trinajstić information content (AvgIpc) is 2.66. The van der Waals surface area contributed by atoms with Crippen molar-refractivity contribution in [2.24, 2.45) is 5.73 Å². The highest BCUT2D eigenvalue weighted by molar-refractivity contribution is 7.99. The van der Waals surface area contributed by atoms with Crippen LogP contribution in [0.5, 0.6) is 0 Å². The van der Waals surface area contributed by atoms with Crippen LogP contribution in [0.3, 0.4) is 0 Å². The Morgan fingerprint density at radius 3 is 2.19 bits per heavy atom. The molecule has 0 spiro atoms. The van der Waals surface area contributed by atoms with Gasteiger partial charge in [0, 0.05) is 15.7 Å². The van der Waals surface area contributed by atoms with Gasteiger partial charge in [-0.3, -0.25) is 0 Å². The minimum atomic E-state index is -0.0406. The average molecular weight is 235 g/mol. The Kier molecular flexibility index (Phi) is 3.60. The van der Waals surface area contributed by atoms with Gasteiger partial charge in [-0.2, -0.15) is 0 Å². The molecule has 0 atom stereocenters. The van der Waals surface area contributed by atoms with Gasteiger partial charge in [0.05, 0.1) is 0 Å². The fourth-order valence-electron chi connectivity index (χ4n) is 2.43. The molecule has 16 heavy (non-hydrogen) atoms. The number of hydrogen-bond donors (Lipinski definition) is 1. The Morgan fingerprint density at radius 2 is 1.69 bits per heavy atom. The summed E-state index contributed by atoms with van der Waals surface area (Å²) in [5.41, 5.74) is 7.70. The van der Waals surface area contributed by atoms with E-state index in [1.165, 1.54) is 23.3 Å². The van der Waals surface area contributed by atoms with Gasteiger partial charge in [-0.05, 0) is 30.5 Å². The van der Waals surface area contributed by atoms with Crippen LogP contribution >= 0.6 is 11.8 Å². The molecule has 88 valence electrons. The van der Waals surface area contributed by atoms with Crippen molar-refractivity contribution in [1.29, 1.82) is 0 Å². The lowest BCUT2D eigenvalue weighted by Crippen LogP contribution is -2.32. The van der Waals surface area contributed by atoms with E-state index in [0.717, 1.165) is 12.8 Å². The zero-order valence-electron chi connectivity index (χ0n) is 10.2. The second-order valence-electron chi connectivity index (χ2n) is 5.05. The molecule has 1 aromatic rings. The van der Waals surface area contributed by atoms with E-state index in [1.807, 2.05) is 11.8 Å². The molecule has 0 bridgehead atoms. The summed E-state index contributed by atoms with van der Waals surface area (Å²) in [5.74, 6) is 0. The van der Waals surface area contributed by atoms with Crippen molar-refractivity contribution in [1.82, 2.24) is 0 Å². The van der Waals surface area contributed by atoms with E-state index >= 15 is 0 Å². The molecule has 0 saturated heterocycles. The highest BCUT2D eigenvalue weighted by atomic mass is 32.2. The summed E-state index contributed by atoms with van der Waals surface area (Å²) < 4.78 is 0. The molecule has 0 unspecified atom stereocenters. The van der Waals surface area contributed by atoms with Crippen molar-refractivity contribution in [3.8, 4) is 0 Å². The maximum absolute atomic E-state index is 6.42. The molecule has 1 nitrogen and oxygen atoms in total. The molecule has 1 aromatic carbocycles. The number of nitrogens with two attached hydrogens (primary N) is 1. The first-order valence-corrected chi connectivity index (χ1v) is 7.04. The lowest BCUT2D eigenvalue weighted by molar-refractivity contribution is 0.461. The summed E-state index contributed by atoms with van der Waals surface area (Å²) in [7, 11) is 0. The zero-order valence-corrected chi connectivity index (χ0v) is 11.0. The summed E-state index contributed by atoms with van der Waals surface area (Å²) in [6, 6.07) is 8.87. The monoisotopic (exact) mass is 235 g/mol. The summed E-state index contributed by atoms with van der Waals surface area (Å²) in [4.78, 5) is 1.35. The molecule has 1 saturated carbocycles. The molecule has 1 fully saturated rings. The molecular weight excluding hydrogens is 214 g/mol. The van der Waals surface area contributed by atoms with Crippen molar-refractivity contribution in [3.63, 3.8) is 0 Å². The van der Waals surface area contributed by atoms with E-state index in [1.54, 1.807) is 0 Å². The molecule has 0 aliphatic heterocycles. The minimum absolute atomic E-state index is 0.0406. The third kappa shape index (κ3) is 2.61. The van der Waals surface area contributed by atoms with E-state index in [-0.39, 0.29) is 5.54 Å². The molecule has 1 aliphatic rings. The minimum Gasteiger partial charge on any atom is -0.321 e. The largest absolute Gasteiger partial charge is 0.321 e. The van der Waals surface area contributed by atoms with Gasteiger partial charge in [0.25, 0.3) is 0 Å². The fourth-order valence-corrected chi connectivity index (χ4v) is 3.27. The molecule has 0 radical (unpaired) electrons. The van der Waals surface area contributed by atoms with Crippen molar-refractivity contribution in [2.45, 2.75) is 55.2 Å². The van der Waals surface area contributed by atoms with Gasteiger partial charge in [-0.25, -0.2) is 0 Å². The van der Waals surface area contributed by atoms with Gasteiger partial charge in [0.1, 0.15) is 0 Å². The quantitative estimate of drug-likeness (QED) is 0.804. The second kappa shape index (κ2) is 4.80. The van der Waals surface area contributed by atoms with Gasteiger partial charge in [0.2, 0.25) is 0 Å². The lowest BCUT2D eigenvalue weighted by atomic mass is 9.90. The summed E-state index contributed by atoms with van der Waals surface area (Å²) in [5, 5.41) is 0.643.